The number of hydrogen-bond acceptors (Lipinski definition) is 6. The Morgan fingerprint density at radius 3 is 1.92 bits per heavy atom. The predicted molar refractivity (Wildman–Crippen MR) is 102 cm³/mol. The van der Waals surface area contributed by atoms with Gasteiger partial charge in [0, 0.05) is 30.0 Å². The first-order valence-corrected chi connectivity index (χ1v) is 13.6. The van der Waals surface area contributed by atoms with Gasteiger partial charge in [0.25, 0.3) is 0 Å². The van der Waals surface area contributed by atoms with Crippen LogP contribution in [0.15, 0.2) is 0 Å². The molecule has 0 aliphatic rings. The Balaban J connectivity index is 5.05. The molecule has 0 rings (SSSR count). The Morgan fingerprint density at radius 2 is 1.46 bits per heavy atom. The van der Waals surface area contributed by atoms with E-state index in [-0.39, 0.29) is 31.1 Å². The number of carbonyl (C=O) groups excluding carboxylic acids is 1. The van der Waals surface area contributed by atoms with E-state index in [0.717, 1.165) is 0 Å². The molecular weight excluding hydrogens is 418 g/mol. The van der Waals surface area contributed by atoms with Gasteiger partial charge in [0.15, 0.2) is 0 Å². The number of hydrogen-bond donors (Lipinski definition) is 0. The summed E-state index contributed by atoms with van der Waals surface area (Å²) in [4.78, 5) is 12.0. The predicted octanol–water partition coefficient (Wildman–Crippen LogP) is 4.60. The van der Waals surface area contributed by atoms with Gasteiger partial charge in [0.1, 0.15) is 0 Å². The average Bonchev–Trinajstić information content (AvgIpc) is 2.52. The lowest BCUT2D eigenvalue weighted by molar-refractivity contribution is -0.147. The zero-order valence-electron chi connectivity index (χ0n) is 15.2. The van der Waals surface area contributed by atoms with E-state index >= 15 is 0 Å². The van der Waals surface area contributed by atoms with Gasteiger partial charge in [-0.25, -0.2) is 0 Å². The van der Waals surface area contributed by atoms with Crippen LogP contribution in [0.3, 0.4) is 0 Å². The van der Waals surface area contributed by atoms with Gasteiger partial charge in [-0.3, -0.25) is 13.9 Å². The minimum atomic E-state index is -3.08. The lowest BCUT2D eigenvalue weighted by Crippen LogP contribution is -2.22. The summed E-state index contributed by atoms with van der Waals surface area (Å²) < 4.78 is 41.8. The number of rotatable bonds is 14. The van der Waals surface area contributed by atoms with Crippen LogP contribution in [0.4, 0.5) is 0 Å². The van der Waals surface area contributed by atoms with Crippen molar-refractivity contribution in [2.24, 2.45) is 5.92 Å². The molecule has 0 aromatic heterocycles. The summed E-state index contributed by atoms with van der Waals surface area (Å²) in [6.07, 6.45) is 1.39. The molecule has 0 bridgehead atoms. The van der Waals surface area contributed by atoms with Crippen molar-refractivity contribution in [2.75, 3.05) is 49.8 Å². The van der Waals surface area contributed by atoms with Crippen molar-refractivity contribution < 1.29 is 27.7 Å². The maximum atomic E-state index is 13.1. The molecule has 0 heterocycles. The van der Waals surface area contributed by atoms with Gasteiger partial charge in [0.2, 0.25) is 14.7 Å². The van der Waals surface area contributed by atoms with Crippen molar-refractivity contribution in [3.8, 4) is 0 Å². The summed E-state index contributed by atoms with van der Waals surface area (Å²) in [5.74, 6) is -0.821. The number of alkyl halides is 1. The topological polar surface area (TPSA) is 78.9 Å². The molecule has 9 heteroatoms. The smallest absolute Gasteiger partial charge is 0.309 e. The molecule has 3 atom stereocenters. The number of esters is 1. The van der Waals surface area contributed by atoms with E-state index in [4.69, 9.17) is 13.8 Å². The SMILES string of the molecule is CCOC(=O)C(CC)CP(=O)(CCP(=O)(CCBr)OCC)OCC. The Kier molecular flexibility index (Phi) is 12.8. The monoisotopic (exact) mass is 448 g/mol. The van der Waals surface area contributed by atoms with Gasteiger partial charge in [-0.15, -0.1) is 0 Å². The zero-order chi connectivity index (χ0) is 18.6. The lowest BCUT2D eigenvalue weighted by atomic mass is 10.1. The third-order valence-electron chi connectivity index (χ3n) is 3.55. The minimum absolute atomic E-state index is 0.122. The van der Waals surface area contributed by atoms with Crippen molar-refractivity contribution in [1.82, 2.24) is 0 Å². The Labute approximate surface area is 154 Å². The third kappa shape index (κ3) is 9.15. The first kappa shape index (κ1) is 24.3. The molecule has 0 aromatic carbocycles. The van der Waals surface area contributed by atoms with Crippen LogP contribution in [0.1, 0.15) is 34.1 Å². The molecule has 0 saturated heterocycles. The van der Waals surface area contributed by atoms with Gasteiger partial charge < -0.3 is 13.8 Å². The summed E-state index contributed by atoms with van der Waals surface area (Å²) in [6.45, 7) is 8.07. The quantitative estimate of drug-likeness (QED) is 0.219. The molecular formula is C15H31BrO6P2. The highest BCUT2D eigenvalue weighted by Gasteiger charge is 2.34. The third-order valence-corrected chi connectivity index (χ3v) is 10.1. The molecule has 0 saturated carbocycles. The van der Waals surface area contributed by atoms with E-state index in [1.54, 1.807) is 20.8 Å². The molecule has 0 aromatic rings. The molecule has 144 valence electrons. The Morgan fingerprint density at radius 1 is 0.917 bits per heavy atom. The van der Waals surface area contributed by atoms with Crippen molar-refractivity contribution >= 4 is 36.6 Å². The maximum absolute atomic E-state index is 13.1. The highest BCUT2D eigenvalue weighted by Crippen LogP contribution is 2.55. The minimum Gasteiger partial charge on any atom is -0.466 e. The molecule has 3 unspecified atom stereocenters. The van der Waals surface area contributed by atoms with Gasteiger partial charge >= 0.3 is 5.97 Å². The van der Waals surface area contributed by atoms with E-state index in [1.807, 2.05) is 6.92 Å². The van der Waals surface area contributed by atoms with E-state index in [1.165, 1.54) is 0 Å². The van der Waals surface area contributed by atoms with Crippen LogP contribution in [0.25, 0.3) is 0 Å². The summed E-state index contributed by atoms with van der Waals surface area (Å²) in [5.41, 5.74) is 0. The first-order chi connectivity index (χ1) is 11.3. The van der Waals surface area contributed by atoms with Crippen LogP contribution < -0.4 is 0 Å². The number of halogens is 1. The molecule has 0 radical (unpaired) electrons. The largest absolute Gasteiger partial charge is 0.466 e. The fraction of sp³-hybridized carbons (Fsp3) is 0.933. The van der Waals surface area contributed by atoms with Crippen LogP contribution >= 0.6 is 30.7 Å². The van der Waals surface area contributed by atoms with Crippen molar-refractivity contribution in [3.05, 3.63) is 0 Å². The molecule has 0 fully saturated rings. The van der Waals surface area contributed by atoms with Gasteiger partial charge in [-0.05, 0) is 27.2 Å². The zero-order valence-corrected chi connectivity index (χ0v) is 18.5. The Bertz CT molecular complexity index is 447. The highest BCUT2D eigenvalue weighted by atomic mass is 79.9. The number of carbonyl (C=O) groups is 1. The molecule has 24 heavy (non-hydrogen) atoms. The van der Waals surface area contributed by atoms with Crippen molar-refractivity contribution in [2.45, 2.75) is 34.1 Å². The van der Waals surface area contributed by atoms with E-state index < -0.39 is 20.7 Å². The van der Waals surface area contributed by atoms with Crippen LogP contribution in [-0.2, 0) is 27.7 Å². The van der Waals surface area contributed by atoms with Crippen LogP contribution in [0.5, 0.6) is 0 Å². The molecule has 0 amide bonds. The van der Waals surface area contributed by atoms with Gasteiger partial charge in [0.05, 0.1) is 25.7 Å². The second-order valence-corrected chi connectivity index (χ2v) is 11.6. The summed E-state index contributed by atoms with van der Waals surface area (Å²) in [5, 5.41) is 0.559. The summed E-state index contributed by atoms with van der Waals surface area (Å²) in [6, 6.07) is 0. The van der Waals surface area contributed by atoms with E-state index in [9.17, 15) is 13.9 Å². The fourth-order valence-corrected chi connectivity index (χ4v) is 9.55. The number of ether oxygens (including phenoxy) is 1. The van der Waals surface area contributed by atoms with Crippen molar-refractivity contribution in [1.29, 1.82) is 0 Å². The standard InChI is InChI=1S/C15H31BrO6P2/c1-5-14(15(17)20-6-2)13-24(19,22-8-4)12-11-23(18,10-9-16)21-7-3/h14H,5-13H2,1-4H3. The molecule has 0 aliphatic heterocycles. The molecule has 0 aliphatic carbocycles. The summed E-state index contributed by atoms with van der Waals surface area (Å²) >= 11 is 3.28. The highest BCUT2D eigenvalue weighted by molar-refractivity contribution is 9.09. The second kappa shape index (κ2) is 12.6. The normalized spacial score (nSPS) is 17.7. The van der Waals surface area contributed by atoms with E-state index in [2.05, 4.69) is 15.9 Å². The second-order valence-electron chi connectivity index (χ2n) is 5.36. The molecule has 0 spiro atoms. The summed E-state index contributed by atoms with van der Waals surface area (Å²) in [7, 11) is -5.92. The van der Waals surface area contributed by atoms with E-state index in [0.29, 0.717) is 31.1 Å². The Hall–Kier alpha value is 0.330. The molecule has 0 N–H and O–H groups in total. The van der Waals surface area contributed by atoms with Crippen LogP contribution in [0, 0.1) is 5.92 Å². The maximum Gasteiger partial charge on any atom is 0.309 e. The molecule has 6 nitrogen and oxygen atoms in total. The van der Waals surface area contributed by atoms with Gasteiger partial charge in [-0.2, -0.15) is 0 Å². The average molecular weight is 449 g/mol. The van der Waals surface area contributed by atoms with Crippen molar-refractivity contribution in [3.63, 3.8) is 0 Å². The first-order valence-electron chi connectivity index (χ1n) is 8.47. The fourth-order valence-electron chi connectivity index (χ4n) is 2.32. The van der Waals surface area contributed by atoms with Crippen LogP contribution in [-0.4, -0.2) is 55.8 Å². The van der Waals surface area contributed by atoms with Gasteiger partial charge in [-0.1, -0.05) is 22.9 Å². The lowest BCUT2D eigenvalue weighted by Gasteiger charge is -2.24. The van der Waals surface area contributed by atoms with Crippen LogP contribution in [0.2, 0.25) is 0 Å².